The second kappa shape index (κ2) is 4.37. The summed E-state index contributed by atoms with van der Waals surface area (Å²) in [5, 5.41) is 0. The van der Waals surface area contributed by atoms with Crippen molar-refractivity contribution in [3.8, 4) is 0 Å². The molecule has 2 heteroatoms. The van der Waals surface area contributed by atoms with E-state index in [-0.39, 0.29) is 5.54 Å². The normalized spacial score (nSPS) is 11.8. The van der Waals surface area contributed by atoms with Crippen molar-refractivity contribution >= 4 is 11.8 Å². The van der Waals surface area contributed by atoms with E-state index in [2.05, 4.69) is 45.2 Å². The highest BCUT2D eigenvalue weighted by Crippen LogP contribution is 2.21. The first-order chi connectivity index (χ1) is 6.42. The van der Waals surface area contributed by atoms with Gasteiger partial charge in [-0.15, -0.1) is 11.8 Å². The highest BCUT2D eigenvalue weighted by molar-refractivity contribution is 7.98. The van der Waals surface area contributed by atoms with Gasteiger partial charge in [-0.3, -0.25) is 0 Å². The lowest BCUT2D eigenvalue weighted by atomic mass is 9.93. The molecule has 1 rings (SSSR count). The van der Waals surface area contributed by atoms with Gasteiger partial charge in [0.25, 0.3) is 0 Å². The Morgan fingerprint density at radius 2 is 2.00 bits per heavy atom. The van der Waals surface area contributed by atoms with Gasteiger partial charge in [0.1, 0.15) is 0 Å². The van der Waals surface area contributed by atoms with Crippen LogP contribution in [0, 0.1) is 6.92 Å². The van der Waals surface area contributed by atoms with Crippen LogP contribution in [0.4, 0.5) is 0 Å². The van der Waals surface area contributed by atoms with E-state index in [0.29, 0.717) is 0 Å². The summed E-state index contributed by atoms with van der Waals surface area (Å²) in [6.07, 6.45) is 3.04. The Morgan fingerprint density at radius 1 is 1.36 bits per heavy atom. The third kappa shape index (κ3) is 3.35. The number of benzene rings is 1. The Bertz CT molecular complexity index is 313. The monoisotopic (exact) mass is 209 g/mol. The van der Waals surface area contributed by atoms with E-state index in [1.807, 2.05) is 0 Å². The second-order valence-electron chi connectivity index (χ2n) is 4.46. The lowest BCUT2D eigenvalue weighted by Gasteiger charge is -2.20. The van der Waals surface area contributed by atoms with Gasteiger partial charge in [-0.05, 0) is 56.7 Å². The SMILES string of the molecule is CSc1ccc(CC(C)(C)N)c(C)c1. The van der Waals surface area contributed by atoms with E-state index in [1.165, 1.54) is 16.0 Å². The third-order valence-corrected chi connectivity index (χ3v) is 2.92. The van der Waals surface area contributed by atoms with Crippen molar-refractivity contribution in [1.29, 1.82) is 0 Å². The lowest BCUT2D eigenvalue weighted by Crippen LogP contribution is -2.34. The summed E-state index contributed by atoms with van der Waals surface area (Å²) in [5.41, 5.74) is 8.58. The molecule has 2 N–H and O–H groups in total. The molecule has 0 radical (unpaired) electrons. The Balaban J connectivity index is 2.89. The van der Waals surface area contributed by atoms with Crippen LogP contribution in [-0.2, 0) is 6.42 Å². The van der Waals surface area contributed by atoms with Crippen LogP contribution >= 0.6 is 11.8 Å². The zero-order valence-corrected chi connectivity index (χ0v) is 10.2. The Labute approximate surface area is 91.1 Å². The van der Waals surface area contributed by atoms with Crippen LogP contribution < -0.4 is 5.73 Å². The highest BCUT2D eigenvalue weighted by atomic mass is 32.2. The molecule has 1 nitrogen and oxygen atoms in total. The molecule has 14 heavy (non-hydrogen) atoms. The van der Waals surface area contributed by atoms with Crippen LogP contribution in [0.5, 0.6) is 0 Å². The minimum absolute atomic E-state index is 0.119. The fourth-order valence-electron chi connectivity index (χ4n) is 1.48. The molecule has 78 valence electrons. The topological polar surface area (TPSA) is 26.0 Å². The van der Waals surface area contributed by atoms with Gasteiger partial charge in [0.2, 0.25) is 0 Å². The highest BCUT2D eigenvalue weighted by Gasteiger charge is 2.12. The molecule has 0 spiro atoms. The summed E-state index contributed by atoms with van der Waals surface area (Å²) in [5.74, 6) is 0. The van der Waals surface area contributed by atoms with Gasteiger partial charge >= 0.3 is 0 Å². The fourth-order valence-corrected chi connectivity index (χ4v) is 1.98. The Hall–Kier alpha value is -0.470. The van der Waals surface area contributed by atoms with E-state index < -0.39 is 0 Å². The molecule has 1 aromatic carbocycles. The molecular weight excluding hydrogens is 190 g/mol. The molecule has 0 aromatic heterocycles. The quantitative estimate of drug-likeness (QED) is 0.774. The van der Waals surface area contributed by atoms with Gasteiger partial charge < -0.3 is 5.73 Å². The first-order valence-electron chi connectivity index (χ1n) is 4.85. The van der Waals surface area contributed by atoms with Gasteiger partial charge in [-0.2, -0.15) is 0 Å². The van der Waals surface area contributed by atoms with Crippen molar-refractivity contribution in [2.45, 2.75) is 37.6 Å². The number of nitrogens with two attached hydrogens (primary N) is 1. The number of thioether (sulfide) groups is 1. The average Bonchev–Trinajstić information content (AvgIpc) is 2.06. The summed E-state index contributed by atoms with van der Waals surface area (Å²) < 4.78 is 0. The molecule has 0 saturated heterocycles. The van der Waals surface area contributed by atoms with Gasteiger partial charge in [-0.25, -0.2) is 0 Å². The lowest BCUT2D eigenvalue weighted by molar-refractivity contribution is 0.515. The fraction of sp³-hybridized carbons (Fsp3) is 0.500. The summed E-state index contributed by atoms with van der Waals surface area (Å²) in [7, 11) is 0. The molecular formula is C12H19NS. The predicted octanol–water partition coefficient (Wildman–Crippen LogP) is 3.00. The molecule has 1 aromatic rings. The summed E-state index contributed by atoms with van der Waals surface area (Å²) in [4.78, 5) is 1.32. The van der Waals surface area contributed by atoms with Crippen molar-refractivity contribution in [2.24, 2.45) is 5.73 Å². The van der Waals surface area contributed by atoms with Crippen molar-refractivity contribution in [1.82, 2.24) is 0 Å². The number of hydrogen-bond donors (Lipinski definition) is 1. The molecule has 0 heterocycles. The zero-order valence-electron chi connectivity index (χ0n) is 9.42. The summed E-state index contributed by atoms with van der Waals surface area (Å²) >= 11 is 1.78. The van der Waals surface area contributed by atoms with Crippen molar-refractivity contribution < 1.29 is 0 Å². The first-order valence-corrected chi connectivity index (χ1v) is 6.07. The number of aryl methyl sites for hydroxylation is 1. The maximum absolute atomic E-state index is 6.00. The standard InChI is InChI=1S/C12H19NS/c1-9-7-11(14-4)6-5-10(9)8-12(2,3)13/h5-7H,8,13H2,1-4H3. The molecule has 0 atom stereocenters. The maximum Gasteiger partial charge on any atom is 0.0138 e. The van der Waals surface area contributed by atoms with Crippen LogP contribution in [0.2, 0.25) is 0 Å². The second-order valence-corrected chi connectivity index (χ2v) is 5.34. The Morgan fingerprint density at radius 3 is 2.43 bits per heavy atom. The van der Waals surface area contributed by atoms with Gasteiger partial charge in [0.15, 0.2) is 0 Å². The van der Waals surface area contributed by atoms with Crippen LogP contribution in [0.1, 0.15) is 25.0 Å². The third-order valence-electron chi connectivity index (χ3n) is 2.20. The zero-order chi connectivity index (χ0) is 10.8. The van der Waals surface area contributed by atoms with E-state index in [9.17, 15) is 0 Å². The minimum atomic E-state index is -0.119. The van der Waals surface area contributed by atoms with Gasteiger partial charge in [0, 0.05) is 10.4 Å². The maximum atomic E-state index is 6.00. The summed E-state index contributed by atoms with van der Waals surface area (Å²) in [6.45, 7) is 6.28. The van der Waals surface area contributed by atoms with E-state index >= 15 is 0 Å². The molecule has 0 saturated carbocycles. The molecule has 0 aliphatic heterocycles. The molecule has 0 aliphatic rings. The van der Waals surface area contributed by atoms with Crippen LogP contribution in [0.3, 0.4) is 0 Å². The number of hydrogen-bond acceptors (Lipinski definition) is 2. The van der Waals surface area contributed by atoms with Crippen molar-refractivity contribution in [3.05, 3.63) is 29.3 Å². The minimum Gasteiger partial charge on any atom is -0.325 e. The van der Waals surface area contributed by atoms with E-state index in [1.54, 1.807) is 11.8 Å². The van der Waals surface area contributed by atoms with Crippen LogP contribution in [-0.4, -0.2) is 11.8 Å². The summed E-state index contributed by atoms with van der Waals surface area (Å²) in [6, 6.07) is 6.58. The first kappa shape index (κ1) is 11.6. The average molecular weight is 209 g/mol. The number of rotatable bonds is 3. The van der Waals surface area contributed by atoms with E-state index in [0.717, 1.165) is 6.42 Å². The molecule has 0 unspecified atom stereocenters. The van der Waals surface area contributed by atoms with Crippen molar-refractivity contribution in [3.63, 3.8) is 0 Å². The van der Waals surface area contributed by atoms with Gasteiger partial charge in [0.05, 0.1) is 0 Å². The largest absolute Gasteiger partial charge is 0.325 e. The molecule has 0 amide bonds. The van der Waals surface area contributed by atoms with Gasteiger partial charge in [-0.1, -0.05) is 6.07 Å². The predicted molar refractivity (Wildman–Crippen MR) is 64.9 cm³/mol. The Kier molecular flexibility index (Phi) is 3.62. The molecule has 0 aliphatic carbocycles. The molecule has 0 bridgehead atoms. The molecule has 0 fully saturated rings. The van der Waals surface area contributed by atoms with E-state index in [4.69, 9.17) is 5.73 Å². The van der Waals surface area contributed by atoms with Crippen LogP contribution in [0.15, 0.2) is 23.1 Å². The van der Waals surface area contributed by atoms with Crippen molar-refractivity contribution in [2.75, 3.05) is 6.26 Å². The smallest absolute Gasteiger partial charge is 0.0138 e. The van der Waals surface area contributed by atoms with Crippen LogP contribution in [0.25, 0.3) is 0 Å².